The van der Waals surface area contributed by atoms with Crippen LogP contribution >= 0.6 is 0 Å². The van der Waals surface area contributed by atoms with Gasteiger partial charge in [-0.1, -0.05) is 0 Å². The topological polar surface area (TPSA) is 66.9 Å². The van der Waals surface area contributed by atoms with Crippen molar-refractivity contribution in [3.8, 4) is 0 Å². The van der Waals surface area contributed by atoms with E-state index in [1.165, 1.54) is 6.20 Å². The molecule has 0 unspecified atom stereocenters. The van der Waals surface area contributed by atoms with E-state index in [1.54, 1.807) is 24.5 Å². The summed E-state index contributed by atoms with van der Waals surface area (Å²) >= 11 is 0. The van der Waals surface area contributed by atoms with Crippen LogP contribution in [-0.2, 0) is 0 Å². The fourth-order valence-corrected chi connectivity index (χ4v) is 1.63. The van der Waals surface area contributed by atoms with Gasteiger partial charge in [0.1, 0.15) is 5.82 Å². The Morgan fingerprint density at radius 1 is 1.15 bits per heavy atom. The Morgan fingerprint density at radius 3 is 2.50 bits per heavy atom. The third kappa shape index (κ3) is 4.05. The number of amides is 1. The Kier molecular flexibility index (Phi) is 3.98. The predicted octanol–water partition coefficient (Wildman–Crippen LogP) is 2.94. The molecule has 0 atom stereocenters. The van der Waals surface area contributed by atoms with E-state index in [4.69, 9.17) is 0 Å². The van der Waals surface area contributed by atoms with Crippen molar-refractivity contribution in [3.05, 3.63) is 48.4 Å². The maximum absolute atomic E-state index is 11.9. The molecule has 0 fully saturated rings. The minimum Gasteiger partial charge on any atom is -0.365 e. The third-order valence-corrected chi connectivity index (χ3v) is 2.45. The molecule has 104 valence electrons. The van der Waals surface area contributed by atoms with E-state index in [2.05, 4.69) is 41.4 Å². The molecule has 0 spiro atoms. The molecule has 0 aliphatic rings. The van der Waals surface area contributed by atoms with Crippen molar-refractivity contribution in [3.63, 3.8) is 0 Å². The molecular formula is C15H18N4O. The summed E-state index contributed by atoms with van der Waals surface area (Å²) in [6.07, 6.45) is 4.78. The zero-order valence-electron chi connectivity index (χ0n) is 11.8. The molecule has 2 N–H and O–H groups in total. The van der Waals surface area contributed by atoms with Gasteiger partial charge in [0.15, 0.2) is 0 Å². The SMILES string of the molecule is CC(C)(C)Nc1ccc(NC(=O)c2cccnc2)cn1. The van der Waals surface area contributed by atoms with Crippen LogP contribution in [0.1, 0.15) is 31.1 Å². The molecule has 0 aromatic carbocycles. The third-order valence-electron chi connectivity index (χ3n) is 2.45. The van der Waals surface area contributed by atoms with Crippen LogP contribution in [-0.4, -0.2) is 21.4 Å². The van der Waals surface area contributed by atoms with Crippen LogP contribution in [0.25, 0.3) is 0 Å². The van der Waals surface area contributed by atoms with Crippen LogP contribution in [0.3, 0.4) is 0 Å². The summed E-state index contributed by atoms with van der Waals surface area (Å²) < 4.78 is 0. The lowest BCUT2D eigenvalue weighted by atomic mass is 10.1. The zero-order valence-corrected chi connectivity index (χ0v) is 11.8. The molecular weight excluding hydrogens is 252 g/mol. The summed E-state index contributed by atoms with van der Waals surface area (Å²) in [5.74, 6) is 0.577. The molecule has 0 aliphatic carbocycles. The number of nitrogens with zero attached hydrogens (tertiary/aromatic N) is 2. The number of hydrogen-bond donors (Lipinski definition) is 2. The highest BCUT2D eigenvalue weighted by Crippen LogP contribution is 2.15. The Morgan fingerprint density at radius 2 is 1.95 bits per heavy atom. The van der Waals surface area contributed by atoms with Crippen molar-refractivity contribution in [2.75, 3.05) is 10.6 Å². The lowest BCUT2D eigenvalue weighted by Gasteiger charge is -2.21. The van der Waals surface area contributed by atoms with Gasteiger partial charge in [-0.3, -0.25) is 9.78 Å². The standard InChI is InChI=1S/C15H18N4O/c1-15(2,3)19-13-7-6-12(10-17-13)18-14(20)11-5-4-8-16-9-11/h4-10H,1-3H3,(H,17,19)(H,18,20). The van der Waals surface area contributed by atoms with Crippen LogP contribution < -0.4 is 10.6 Å². The van der Waals surface area contributed by atoms with Gasteiger partial charge in [0.25, 0.3) is 5.91 Å². The van der Waals surface area contributed by atoms with E-state index < -0.39 is 0 Å². The van der Waals surface area contributed by atoms with Crippen molar-refractivity contribution in [2.24, 2.45) is 0 Å². The van der Waals surface area contributed by atoms with Crippen molar-refractivity contribution in [2.45, 2.75) is 26.3 Å². The molecule has 0 bridgehead atoms. The van der Waals surface area contributed by atoms with Crippen molar-refractivity contribution in [1.29, 1.82) is 0 Å². The number of rotatable bonds is 3. The molecule has 0 aliphatic heterocycles. The summed E-state index contributed by atoms with van der Waals surface area (Å²) in [6, 6.07) is 7.09. The maximum Gasteiger partial charge on any atom is 0.257 e. The van der Waals surface area contributed by atoms with E-state index in [0.29, 0.717) is 11.3 Å². The van der Waals surface area contributed by atoms with Crippen LogP contribution in [0.2, 0.25) is 0 Å². The molecule has 0 radical (unpaired) electrons. The quantitative estimate of drug-likeness (QED) is 0.900. The molecule has 0 saturated carbocycles. The Hall–Kier alpha value is -2.43. The van der Waals surface area contributed by atoms with Gasteiger partial charge in [0.2, 0.25) is 0 Å². The lowest BCUT2D eigenvalue weighted by molar-refractivity contribution is 0.102. The van der Waals surface area contributed by atoms with E-state index in [0.717, 1.165) is 5.82 Å². The smallest absolute Gasteiger partial charge is 0.257 e. The zero-order chi connectivity index (χ0) is 14.6. The highest BCUT2D eigenvalue weighted by molar-refractivity contribution is 6.03. The molecule has 2 aromatic heterocycles. The average molecular weight is 270 g/mol. The normalized spacial score (nSPS) is 10.9. The van der Waals surface area contributed by atoms with Gasteiger partial charge in [-0.05, 0) is 45.0 Å². The van der Waals surface area contributed by atoms with Crippen LogP contribution in [0.4, 0.5) is 11.5 Å². The number of pyridine rings is 2. The molecule has 20 heavy (non-hydrogen) atoms. The fraction of sp³-hybridized carbons (Fsp3) is 0.267. The molecule has 0 saturated heterocycles. The monoisotopic (exact) mass is 270 g/mol. The first-order valence-electron chi connectivity index (χ1n) is 6.40. The van der Waals surface area contributed by atoms with E-state index in [9.17, 15) is 4.79 Å². The summed E-state index contributed by atoms with van der Waals surface area (Å²) in [7, 11) is 0. The minimum absolute atomic E-state index is 0.0481. The van der Waals surface area contributed by atoms with Crippen LogP contribution in [0.5, 0.6) is 0 Å². The van der Waals surface area contributed by atoms with Gasteiger partial charge >= 0.3 is 0 Å². The number of carbonyl (C=O) groups is 1. The van der Waals surface area contributed by atoms with E-state index in [1.807, 2.05) is 12.1 Å². The highest BCUT2D eigenvalue weighted by atomic mass is 16.1. The van der Waals surface area contributed by atoms with Crippen molar-refractivity contribution < 1.29 is 4.79 Å². The Bertz CT molecular complexity index is 573. The van der Waals surface area contributed by atoms with Gasteiger partial charge in [0.05, 0.1) is 17.4 Å². The van der Waals surface area contributed by atoms with Crippen LogP contribution in [0.15, 0.2) is 42.9 Å². The van der Waals surface area contributed by atoms with E-state index >= 15 is 0 Å². The lowest BCUT2D eigenvalue weighted by Crippen LogP contribution is -2.26. The average Bonchev–Trinajstić information content (AvgIpc) is 2.40. The number of anilines is 2. The molecule has 1 amide bonds. The second kappa shape index (κ2) is 5.69. The summed E-state index contributed by atoms with van der Waals surface area (Å²) in [5, 5.41) is 6.04. The molecule has 2 heterocycles. The van der Waals surface area contributed by atoms with Crippen molar-refractivity contribution in [1.82, 2.24) is 9.97 Å². The molecule has 2 aromatic rings. The molecule has 5 nitrogen and oxygen atoms in total. The minimum atomic E-state index is -0.198. The predicted molar refractivity (Wildman–Crippen MR) is 79.8 cm³/mol. The maximum atomic E-state index is 11.9. The number of aromatic nitrogens is 2. The van der Waals surface area contributed by atoms with Crippen LogP contribution in [0, 0.1) is 0 Å². The Balaban J connectivity index is 2.02. The second-order valence-electron chi connectivity index (χ2n) is 5.50. The van der Waals surface area contributed by atoms with Gasteiger partial charge in [-0.25, -0.2) is 4.98 Å². The number of carbonyl (C=O) groups excluding carboxylic acids is 1. The first-order valence-corrected chi connectivity index (χ1v) is 6.40. The number of nitrogens with one attached hydrogen (secondary N) is 2. The first kappa shape index (κ1) is 14.0. The van der Waals surface area contributed by atoms with Gasteiger partial charge < -0.3 is 10.6 Å². The highest BCUT2D eigenvalue weighted by Gasteiger charge is 2.10. The second-order valence-corrected chi connectivity index (χ2v) is 5.50. The van der Waals surface area contributed by atoms with Gasteiger partial charge in [-0.15, -0.1) is 0 Å². The first-order chi connectivity index (χ1) is 9.44. The summed E-state index contributed by atoms with van der Waals surface area (Å²) in [6.45, 7) is 6.19. The largest absolute Gasteiger partial charge is 0.365 e. The Labute approximate surface area is 118 Å². The number of hydrogen-bond acceptors (Lipinski definition) is 4. The fourth-order valence-electron chi connectivity index (χ4n) is 1.63. The summed E-state index contributed by atoms with van der Waals surface area (Å²) in [5.41, 5.74) is 1.12. The van der Waals surface area contributed by atoms with E-state index in [-0.39, 0.29) is 11.4 Å². The molecule has 2 rings (SSSR count). The molecule has 5 heteroatoms. The van der Waals surface area contributed by atoms with Crippen molar-refractivity contribution >= 4 is 17.4 Å². The van der Waals surface area contributed by atoms with Gasteiger partial charge in [-0.2, -0.15) is 0 Å². The summed E-state index contributed by atoms with van der Waals surface area (Å²) in [4.78, 5) is 20.1. The van der Waals surface area contributed by atoms with Gasteiger partial charge in [0, 0.05) is 17.9 Å².